The van der Waals surface area contributed by atoms with Crippen LogP contribution >= 0.6 is 0 Å². The lowest BCUT2D eigenvalue weighted by molar-refractivity contribution is -0.121. The quantitative estimate of drug-likeness (QED) is 0.746. The number of nitrogens with zero attached hydrogens (tertiary/aromatic N) is 3. The molecule has 2 heterocycles. The molecule has 1 saturated heterocycles. The van der Waals surface area contributed by atoms with E-state index in [4.69, 9.17) is 0 Å². The van der Waals surface area contributed by atoms with Gasteiger partial charge in [0.1, 0.15) is 0 Å². The van der Waals surface area contributed by atoms with Crippen LogP contribution in [0.3, 0.4) is 0 Å². The van der Waals surface area contributed by atoms with Crippen LogP contribution in [0.1, 0.15) is 44.9 Å². The molecule has 2 N–H and O–H groups in total. The molecule has 1 amide bonds. The molecule has 6 nitrogen and oxygen atoms in total. The van der Waals surface area contributed by atoms with E-state index in [0.717, 1.165) is 44.7 Å². The van der Waals surface area contributed by atoms with E-state index in [9.17, 15) is 4.79 Å². The fourth-order valence-corrected chi connectivity index (χ4v) is 3.64. The second-order valence-electron chi connectivity index (χ2n) is 6.57. The molecule has 0 aromatic carbocycles. The van der Waals surface area contributed by atoms with Gasteiger partial charge in [0.05, 0.1) is 0 Å². The normalized spacial score (nSPS) is 21.7. The Morgan fingerprint density at radius 2 is 2.13 bits per heavy atom. The van der Waals surface area contributed by atoms with Gasteiger partial charge in [-0.2, -0.15) is 5.10 Å². The highest BCUT2D eigenvalue weighted by atomic mass is 16.1. The van der Waals surface area contributed by atoms with E-state index < -0.39 is 0 Å². The smallest absolute Gasteiger partial charge is 0.221 e. The second kappa shape index (κ2) is 8.24. The molecule has 1 aliphatic heterocycles. The zero-order chi connectivity index (χ0) is 15.9. The van der Waals surface area contributed by atoms with Crippen molar-refractivity contribution >= 4 is 11.7 Å². The zero-order valence-electron chi connectivity index (χ0n) is 13.7. The molecule has 6 heteroatoms. The van der Waals surface area contributed by atoms with Gasteiger partial charge in [-0.3, -0.25) is 4.79 Å². The first kappa shape index (κ1) is 16.2. The highest BCUT2D eigenvalue weighted by Crippen LogP contribution is 2.22. The van der Waals surface area contributed by atoms with Crippen molar-refractivity contribution in [3.63, 3.8) is 0 Å². The molecule has 0 radical (unpaired) electrons. The third-order valence-electron chi connectivity index (χ3n) is 4.86. The average molecular weight is 317 g/mol. The van der Waals surface area contributed by atoms with Gasteiger partial charge >= 0.3 is 0 Å². The second-order valence-corrected chi connectivity index (χ2v) is 6.57. The molecule has 1 aromatic rings. The minimum Gasteiger partial charge on any atom is -0.353 e. The Bertz CT molecular complexity index is 489. The summed E-state index contributed by atoms with van der Waals surface area (Å²) in [5.41, 5.74) is 0. The molecule has 1 aromatic heterocycles. The fourth-order valence-electron chi connectivity index (χ4n) is 3.64. The highest BCUT2D eigenvalue weighted by Gasteiger charge is 2.25. The third kappa shape index (κ3) is 4.64. The first-order valence-electron chi connectivity index (χ1n) is 8.87. The van der Waals surface area contributed by atoms with Crippen LogP contribution in [-0.4, -0.2) is 47.8 Å². The van der Waals surface area contributed by atoms with Crippen LogP contribution in [0, 0.1) is 0 Å². The van der Waals surface area contributed by atoms with Gasteiger partial charge < -0.3 is 15.5 Å². The van der Waals surface area contributed by atoms with Crippen molar-refractivity contribution < 1.29 is 4.79 Å². The topological polar surface area (TPSA) is 70.2 Å². The Morgan fingerprint density at radius 1 is 1.26 bits per heavy atom. The first-order valence-corrected chi connectivity index (χ1v) is 8.87. The van der Waals surface area contributed by atoms with Crippen LogP contribution < -0.4 is 15.5 Å². The summed E-state index contributed by atoms with van der Waals surface area (Å²) in [6.07, 6.45) is 9.42. The number of hydrogen-bond acceptors (Lipinski definition) is 5. The average Bonchev–Trinajstić information content (AvgIpc) is 3.24. The summed E-state index contributed by atoms with van der Waals surface area (Å²) in [6.45, 7) is 2.67. The molecule has 0 spiro atoms. The van der Waals surface area contributed by atoms with Crippen LogP contribution in [0.4, 0.5) is 5.82 Å². The first-order chi connectivity index (χ1) is 11.3. The number of aromatic nitrogens is 2. The Kier molecular flexibility index (Phi) is 5.80. The summed E-state index contributed by atoms with van der Waals surface area (Å²) in [5, 5.41) is 14.7. The molecule has 3 rings (SSSR count). The summed E-state index contributed by atoms with van der Waals surface area (Å²) in [4.78, 5) is 14.2. The van der Waals surface area contributed by atoms with Crippen LogP contribution in [-0.2, 0) is 4.79 Å². The van der Waals surface area contributed by atoms with Crippen molar-refractivity contribution in [3.05, 3.63) is 18.3 Å². The predicted molar refractivity (Wildman–Crippen MR) is 90.3 cm³/mol. The van der Waals surface area contributed by atoms with E-state index in [2.05, 4.69) is 25.7 Å². The van der Waals surface area contributed by atoms with E-state index in [-0.39, 0.29) is 5.91 Å². The van der Waals surface area contributed by atoms with Gasteiger partial charge in [-0.1, -0.05) is 12.8 Å². The largest absolute Gasteiger partial charge is 0.353 e. The number of carbonyl (C=O) groups excluding carboxylic acids is 1. The minimum absolute atomic E-state index is 0.182. The van der Waals surface area contributed by atoms with E-state index >= 15 is 0 Å². The van der Waals surface area contributed by atoms with E-state index in [1.165, 1.54) is 19.3 Å². The molecule has 0 unspecified atom stereocenters. The SMILES string of the molecule is O=C(CCNC[C@@H]1CCCN1c1cccnn1)NC1CCCC1. The summed E-state index contributed by atoms with van der Waals surface area (Å²) < 4.78 is 0. The van der Waals surface area contributed by atoms with Gasteiger partial charge in [-0.15, -0.1) is 5.10 Å². The van der Waals surface area contributed by atoms with Gasteiger partial charge in [0.15, 0.2) is 5.82 Å². The van der Waals surface area contributed by atoms with Crippen LogP contribution in [0.5, 0.6) is 0 Å². The van der Waals surface area contributed by atoms with E-state index in [0.29, 0.717) is 18.5 Å². The number of nitrogens with one attached hydrogen (secondary N) is 2. The van der Waals surface area contributed by atoms with Gasteiger partial charge in [0, 0.05) is 44.3 Å². The Morgan fingerprint density at radius 3 is 2.91 bits per heavy atom. The number of rotatable bonds is 7. The third-order valence-corrected chi connectivity index (χ3v) is 4.86. The molecular formula is C17H27N5O. The van der Waals surface area contributed by atoms with Crippen molar-refractivity contribution in [1.82, 2.24) is 20.8 Å². The molecule has 126 valence electrons. The highest BCUT2D eigenvalue weighted by molar-refractivity contribution is 5.76. The Labute approximate surface area is 138 Å². The molecule has 2 fully saturated rings. The molecule has 1 saturated carbocycles. The molecule has 23 heavy (non-hydrogen) atoms. The van der Waals surface area contributed by atoms with Crippen LogP contribution in [0.25, 0.3) is 0 Å². The number of hydrogen-bond donors (Lipinski definition) is 2. The number of carbonyl (C=O) groups is 1. The lowest BCUT2D eigenvalue weighted by Crippen LogP contribution is -2.40. The Balaban J connectivity index is 1.35. The molecule has 0 bridgehead atoms. The van der Waals surface area contributed by atoms with Crippen LogP contribution in [0.15, 0.2) is 18.3 Å². The van der Waals surface area contributed by atoms with E-state index in [1.807, 2.05) is 12.1 Å². The van der Waals surface area contributed by atoms with Crippen molar-refractivity contribution in [3.8, 4) is 0 Å². The lowest BCUT2D eigenvalue weighted by Gasteiger charge is -2.25. The minimum atomic E-state index is 0.182. The molecular weight excluding hydrogens is 290 g/mol. The van der Waals surface area contributed by atoms with Gasteiger partial charge in [0.25, 0.3) is 0 Å². The fraction of sp³-hybridized carbons (Fsp3) is 0.706. The maximum absolute atomic E-state index is 11.9. The number of anilines is 1. The van der Waals surface area contributed by atoms with Gasteiger partial charge in [-0.25, -0.2) is 0 Å². The molecule has 2 aliphatic rings. The maximum atomic E-state index is 11.9. The van der Waals surface area contributed by atoms with Crippen molar-refractivity contribution in [1.29, 1.82) is 0 Å². The summed E-state index contributed by atoms with van der Waals surface area (Å²) in [7, 11) is 0. The van der Waals surface area contributed by atoms with E-state index in [1.54, 1.807) is 6.20 Å². The maximum Gasteiger partial charge on any atom is 0.221 e. The Hall–Kier alpha value is -1.69. The molecule has 1 aliphatic carbocycles. The summed E-state index contributed by atoms with van der Waals surface area (Å²) >= 11 is 0. The number of amides is 1. The van der Waals surface area contributed by atoms with Crippen molar-refractivity contribution in [2.75, 3.05) is 24.5 Å². The monoisotopic (exact) mass is 317 g/mol. The van der Waals surface area contributed by atoms with Crippen LogP contribution in [0.2, 0.25) is 0 Å². The van der Waals surface area contributed by atoms with Crippen molar-refractivity contribution in [2.45, 2.75) is 57.0 Å². The lowest BCUT2D eigenvalue weighted by atomic mass is 10.2. The zero-order valence-corrected chi connectivity index (χ0v) is 13.7. The molecule has 1 atom stereocenters. The summed E-state index contributed by atoms with van der Waals surface area (Å²) in [5.74, 6) is 1.14. The van der Waals surface area contributed by atoms with Gasteiger partial charge in [-0.05, 0) is 37.8 Å². The van der Waals surface area contributed by atoms with Gasteiger partial charge in [0.2, 0.25) is 5.91 Å². The predicted octanol–water partition coefficient (Wildman–Crippen LogP) is 1.48. The van der Waals surface area contributed by atoms with Crippen molar-refractivity contribution in [2.24, 2.45) is 0 Å². The standard InChI is InChI=1S/C17H27N5O/c23-17(20-14-5-1-2-6-14)9-11-18-13-15-7-4-12-22(15)16-8-3-10-19-21-16/h3,8,10,14-15,18H,1-2,4-7,9,11-13H2,(H,20,23)/t15-/m0/s1. The summed E-state index contributed by atoms with van der Waals surface area (Å²) in [6, 6.07) is 4.81.